The molecule has 182 valence electrons. The number of hydrogen-bond donors (Lipinski definition) is 1. The van der Waals surface area contributed by atoms with Gasteiger partial charge in [-0.15, -0.1) is 0 Å². The van der Waals surface area contributed by atoms with E-state index in [-0.39, 0.29) is 29.3 Å². The summed E-state index contributed by atoms with van der Waals surface area (Å²) in [6, 6.07) is 20.8. The van der Waals surface area contributed by atoms with Crippen LogP contribution in [0.1, 0.15) is 16.7 Å². The Balaban J connectivity index is 1.49. The van der Waals surface area contributed by atoms with Gasteiger partial charge in [0.2, 0.25) is 11.5 Å². The van der Waals surface area contributed by atoms with Crippen LogP contribution in [0.3, 0.4) is 0 Å². The molecule has 0 unspecified atom stereocenters. The quantitative estimate of drug-likeness (QED) is 0.234. The van der Waals surface area contributed by atoms with Gasteiger partial charge in [0.25, 0.3) is 5.56 Å². The SMILES string of the molecule is COc1ccc(Cn2c(SCC(=O)Nc3cc(C)cc(C)c3)nc3c(oc4ccccc43)c2=O)cc1. The van der Waals surface area contributed by atoms with Crippen LogP contribution in [-0.2, 0) is 11.3 Å². The van der Waals surface area contributed by atoms with Crippen LogP contribution < -0.4 is 15.6 Å². The highest BCUT2D eigenvalue weighted by atomic mass is 32.2. The fourth-order valence-electron chi connectivity index (χ4n) is 4.19. The van der Waals surface area contributed by atoms with Gasteiger partial charge in [0.15, 0.2) is 5.16 Å². The zero-order chi connectivity index (χ0) is 25.2. The Hall–Kier alpha value is -4.04. The number of carbonyl (C=O) groups is 1. The van der Waals surface area contributed by atoms with E-state index in [0.29, 0.717) is 16.3 Å². The van der Waals surface area contributed by atoms with Crippen LogP contribution in [0.4, 0.5) is 5.69 Å². The van der Waals surface area contributed by atoms with Gasteiger partial charge in [0.05, 0.1) is 19.4 Å². The number of nitrogens with zero attached hydrogens (tertiary/aromatic N) is 2. The molecule has 0 saturated heterocycles. The highest BCUT2D eigenvalue weighted by Crippen LogP contribution is 2.28. The Morgan fingerprint density at radius 3 is 2.50 bits per heavy atom. The predicted molar refractivity (Wildman–Crippen MR) is 143 cm³/mol. The molecule has 8 heteroatoms. The minimum atomic E-state index is -0.288. The van der Waals surface area contributed by atoms with Crippen molar-refractivity contribution in [1.29, 1.82) is 0 Å². The van der Waals surface area contributed by atoms with Crippen LogP contribution in [0.15, 0.2) is 81.1 Å². The molecule has 2 aromatic heterocycles. The topological polar surface area (TPSA) is 86.4 Å². The van der Waals surface area contributed by atoms with Crippen molar-refractivity contribution in [3.8, 4) is 5.75 Å². The van der Waals surface area contributed by atoms with E-state index in [1.807, 2.05) is 74.5 Å². The third kappa shape index (κ3) is 4.85. The summed E-state index contributed by atoms with van der Waals surface area (Å²) in [5.74, 6) is 0.658. The number of aryl methyl sites for hydroxylation is 2. The molecule has 1 amide bonds. The van der Waals surface area contributed by atoms with Crippen molar-refractivity contribution >= 4 is 45.4 Å². The second-order valence-corrected chi connectivity index (χ2v) is 9.57. The number of thioether (sulfide) groups is 1. The highest BCUT2D eigenvalue weighted by molar-refractivity contribution is 7.99. The van der Waals surface area contributed by atoms with Gasteiger partial charge in [0, 0.05) is 11.1 Å². The van der Waals surface area contributed by atoms with Crippen molar-refractivity contribution in [2.75, 3.05) is 18.2 Å². The summed E-state index contributed by atoms with van der Waals surface area (Å²) < 4.78 is 12.7. The lowest BCUT2D eigenvalue weighted by atomic mass is 10.1. The number of carbonyl (C=O) groups excluding carboxylic acids is 1. The van der Waals surface area contributed by atoms with Gasteiger partial charge in [-0.2, -0.15) is 0 Å². The summed E-state index contributed by atoms with van der Waals surface area (Å²) in [7, 11) is 1.61. The maximum Gasteiger partial charge on any atom is 0.298 e. The Kier molecular flexibility index (Phi) is 6.52. The van der Waals surface area contributed by atoms with Crippen LogP contribution in [0, 0.1) is 13.8 Å². The smallest absolute Gasteiger partial charge is 0.298 e. The number of nitrogens with one attached hydrogen (secondary N) is 1. The third-order valence-electron chi connectivity index (χ3n) is 5.78. The van der Waals surface area contributed by atoms with E-state index in [0.717, 1.165) is 33.5 Å². The zero-order valence-electron chi connectivity index (χ0n) is 20.2. The fourth-order valence-corrected chi connectivity index (χ4v) is 4.98. The molecular formula is C28H25N3O4S. The highest BCUT2D eigenvalue weighted by Gasteiger charge is 2.19. The summed E-state index contributed by atoms with van der Waals surface area (Å²) in [6.07, 6.45) is 0. The molecular weight excluding hydrogens is 474 g/mol. The van der Waals surface area contributed by atoms with E-state index in [4.69, 9.17) is 14.1 Å². The first-order valence-electron chi connectivity index (χ1n) is 11.5. The molecule has 0 fully saturated rings. The van der Waals surface area contributed by atoms with E-state index in [1.165, 1.54) is 11.8 Å². The van der Waals surface area contributed by atoms with E-state index < -0.39 is 0 Å². The van der Waals surface area contributed by atoms with Gasteiger partial charge >= 0.3 is 0 Å². The average molecular weight is 500 g/mol. The Bertz CT molecular complexity index is 1620. The molecule has 0 atom stereocenters. The standard InChI is InChI=1S/C28H25N3O4S/c1-17-12-18(2)14-20(13-17)29-24(32)16-36-28-30-25-22-6-4-5-7-23(22)35-26(25)27(33)31(28)15-19-8-10-21(34-3)11-9-19/h4-14H,15-16H2,1-3H3,(H,29,32). The minimum Gasteiger partial charge on any atom is -0.497 e. The summed E-state index contributed by atoms with van der Waals surface area (Å²) in [4.78, 5) is 31.1. The predicted octanol–water partition coefficient (Wildman–Crippen LogP) is 5.55. The second-order valence-electron chi connectivity index (χ2n) is 8.62. The zero-order valence-corrected chi connectivity index (χ0v) is 21.0. The second kappa shape index (κ2) is 9.91. The molecule has 36 heavy (non-hydrogen) atoms. The maximum absolute atomic E-state index is 13.5. The molecule has 0 radical (unpaired) electrons. The summed E-state index contributed by atoms with van der Waals surface area (Å²) in [5, 5.41) is 4.16. The number of amides is 1. The number of para-hydroxylation sites is 1. The van der Waals surface area contributed by atoms with Crippen LogP contribution in [0.2, 0.25) is 0 Å². The average Bonchev–Trinajstić information content (AvgIpc) is 3.23. The number of rotatable bonds is 7. The molecule has 1 N–H and O–H groups in total. The Morgan fingerprint density at radius 1 is 1.06 bits per heavy atom. The van der Waals surface area contributed by atoms with Crippen molar-refractivity contribution in [3.63, 3.8) is 0 Å². The summed E-state index contributed by atoms with van der Waals surface area (Å²) in [6.45, 7) is 4.26. The van der Waals surface area contributed by atoms with Gasteiger partial charge in [-0.1, -0.05) is 42.1 Å². The summed E-state index contributed by atoms with van der Waals surface area (Å²) >= 11 is 1.22. The minimum absolute atomic E-state index is 0.101. The van der Waals surface area contributed by atoms with Gasteiger partial charge in [-0.3, -0.25) is 14.2 Å². The number of hydrogen-bond acceptors (Lipinski definition) is 6. The molecule has 5 aromatic rings. The first-order chi connectivity index (χ1) is 17.4. The lowest BCUT2D eigenvalue weighted by molar-refractivity contribution is -0.113. The number of anilines is 1. The van der Waals surface area contributed by atoms with E-state index in [1.54, 1.807) is 11.7 Å². The van der Waals surface area contributed by atoms with E-state index in [2.05, 4.69) is 11.4 Å². The van der Waals surface area contributed by atoms with Gasteiger partial charge < -0.3 is 14.5 Å². The first kappa shape index (κ1) is 23.7. The molecule has 0 saturated carbocycles. The van der Waals surface area contributed by atoms with Crippen LogP contribution in [0.5, 0.6) is 5.75 Å². The Labute approximate surface area is 212 Å². The van der Waals surface area contributed by atoms with Crippen molar-refractivity contribution in [1.82, 2.24) is 9.55 Å². The molecule has 0 aliphatic carbocycles. The molecule has 5 rings (SSSR count). The van der Waals surface area contributed by atoms with Crippen LogP contribution in [0.25, 0.3) is 22.1 Å². The number of fused-ring (bicyclic) bond motifs is 3. The number of ether oxygens (including phenoxy) is 1. The molecule has 3 aromatic carbocycles. The van der Waals surface area contributed by atoms with Gasteiger partial charge in [-0.25, -0.2) is 4.98 Å². The van der Waals surface area contributed by atoms with Crippen molar-refractivity contribution in [3.05, 3.63) is 93.8 Å². The van der Waals surface area contributed by atoms with E-state index in [9.17, 15) is 9.59 Å². The Morgan fingerprint density at radius 2 is 1.78 bits per heavy atom. The molecule has 0 spiro atoms. The fraction of sp³-hybridized carbons (Fsp3) is 0.179. The number of methoxy groups -OCH3 is 1. The van der Waals surface area contributed by atoms with Crippen LogP contribution in [-0.4, -0.2) is 28.3 Å². The number of aromatic nitrogens is 2. The van der Waals surface area contributed by atoms with Crippen LogP contribution >= 0.6 is 11.8 Å². The first-order valence-corrected chi connectivity index (χ1v) is 12.5. The monoisotopic (exact) mass is 499 g/mol. The van der Waals surface area contributed by atoms with Gasteiger partial charge in [-0.05, 0) is 66.9 Å². The van der Waals surface area contributed by atoms with Gasteiger partial charge in [0.1, 0.15) is 16.8 Å². The molecule has 0 aliphatic rings. The molecule has 2 heterocycles. The van der Waals surface area contributed by atoms with Crippen molar-refractivity contribution < 1.29 is 13.9 Å². The number of benzene rings is 3. The molecule has 0 aliphatic heterocycles. The maximum atomic E-state index is 13.5. The lowest BCUT2D eigenvalue weighted by Crippen LogP contribution is -2.24. The summed E-state index contributed by atoms with van der Waals surface area (Å²) in [5.41, 5.74) is 4.81. The largest absolute Gasteiger partial charge is 0.497 e. The normalized spacial score (nSPS) is 11.2. The molecule has 7 nitrogen and oxygen atoms in total. The molecule has 0 bridgehead atoms. The third-order valence-corrected chi connectivity index (χ3v) is 6.76. The van der Waals surface area contributed by atoms with Crippen molar-refractivity contribution in [2.24, 2.45) is 0 Å². The number of furan rings is 1. The van der Waals surface area contributed by atoms with E-state index >= 15 is 0 Å². The van der Waals surface area contributed by atoms with Crippen molar-refractivity contribution in [2.45, 2.75) is 25.5 Å². The lowest BCUT2D eigenvalue weighted by Gasteiger charge is -2.12.